The Kier molecular flexibility index (Phi) is 9.13. The van der Waals surface area contributed by atoms with Gasteiger partial charge in [0.25, 0.3) is 0 Å². The van der Waals surface area contributed by atoms with Crippen molar-refractivity contribution in [3.05, 3.63) is 55.5 Å². The SMILES string of the molecule is COC(=O)c1cc(N)n[nH]1.COC(=O)c1cc([N+](=O)[O-])[nH]n1.O=C(O)c1cc([N+](=O)[O-])[nH]n1. The van der Waals surface area contributed by atoms with Crippen molar-refractivity contribution in [2.45, 2.75) is 0 Å². The number of aromatic nitrogens is 6. The number of methoxy groups -OCH3 is 2. The molecule has 0 fully saturated rings. The standard InChI is InChI=1S/C5H5N3O4.C5H7N3O2.C4H3N3O4/c1-12-5(9)3-2-4(7-6-3)8(10)11;1-10-5(9)3-2-4(6)8-7-3;8-4(9)2-1-3(6-5-2)7(10)11/h2H,1H3,(H,6,7);2H,1H3,(H3,6,7,8);1H,(H,5,6)(H,8,9). The number of nitrogens with one attached hydrogen (secondary N) is 3. The van der Waals surface area contributed by atoms with Crippen LogP contribution in [0, 0.1) is 20.2 Å². The van der Waals surface area contributed by atoms with Crippen molar-refractivity contribution >= 4 is 35.4 Å². The molecule has 0 saturated carbocycles. The number of carbonyl (C=O) groups excluding carboxylic acids is 2. The second-order valence-corrected chi connectivity index (χ2v) is 5.29. The molecule has 19 nitrogen and oxygen atoms in total. The molecule has 0 aliphatic rings. The fourth-order valence-corrected chi connectivity index (χ4v) is 1.68. The molecule has 176 valence electrons. The first-order valence-corrected chi connectivity index (χ1v) is 8.10. The van der Waals surface area contributed by atoms with Crippen molar-refractivity contribution in [3.8, 4) is 0 Å². The average molecular weight is 469 g/mol. The van der Waals surface area contributed by atoms with E-state index < -0.39 is 33.6 Å². The lowest BCUT2D eigenvalue weighted by atomic mass is 10.4. The van der Waals surface area contributed by atoms with Crippen LogP contribution in [-0.4, -0.2) is 77.7 Å². The number of nitro groups is 2. The van der Waals surface area contributed by atoms with E-state index in [9.17, 15) is 34.6 Å². The molecule has 0 aliphatic carbocycles. The molecule has 3 aromatic heterocycles. The smallest absolute Gasteiger partial charge is 0.360 e. The van der Waals surface area contributed by atoms with E-state index >= 15 is 0 Å². The second-order valence-electron chi connectivity index (χ2n) is 5.29. The van der Waals surface area contributed by atoms with Gasteiger partial charge in [-0.1, -0.05) is 10.2 Å². The largest absolute Gasteiger partial charge is 0.476 e. The lowest BCUT2D eigenvalue weighted by molar-refractivity contribution is -0.389. The molecule has 33 heavy (non-hydrogen) atoms. The van der Waals surface area contributed by atoms with Gasteiger partial charge in [-0.05, 0) is 9.85 Å². The van der Waals surface area contributed by atoms with Gasteiger partial charge in [-0.2, -0.15) is 5.10 Å². The second kappa shape index (κ2) is 11.7. The van der Waals surface area contributed by atoms with Gasteiger partial charge in [0.05, 0.1) is 26.4 Å². The summed E-state index contributed by atoms with van der Waals surface area (Å²) in [5.74, 6) is -2.96. The van der Waals surface area contributed by atoms with E-state index in [1.54, 1.807) is 0 Å². The van der Waals surface area contributed by atoms with Crippen LogP contribution >= 0.6 is 0 Å². The van der Waals surface area contributed by atoms with Crippen molar-refractivity contribution in [2.24, 2.45) is 0 Å². The lowest BCUT2D eigenvalue weighted by Gasteiger charge is -1.90. The molecule has 0 radical (unpaired) electrons. The monoisotopic (exact) mass is 469 g/mol. The summed E-state index contributed by atoms with van der Waals surface area (Å²) in [7, 11) is 2.46. The molecule has 0 unspecified atom stereocenters. The first-order chi connectivity index (χ1) is 15.5. The number of nitrogens with zero attached hydrogens (tertiary/aromatic N) is 5. The van der Waals surface area contributed by atoms with Crippen LogP contribution in [0.4, 0.5) is 17.5 Å². The normalized spacial score (nSPS) is 9.39. The summed E-state index contributed by atoms with van der Waals surface area (Å²) in [5.41, 5.74) is 5.01. The van der Waals surface area contributed by atoms with E-state index in [-0.39, 0.29) is 28.7 Å². The predicted molar refractivity (Wildman–Crippen MR) is 103 cm³/mol. The van der Waals surface area contributed by atoms with E-state index in [2.05, 4.69) is 35.0 Å². The number of anilines is 1. The van der Waals surface area contributed by atoms with Crippen LogP contribution in [-0.2, 0) is 9.47 Å². The Balaban J connectivity index is 0.000000249. The molecule has 0 atom stereocenters. The molecule has 0 bridgehead atoms. The number of H-pyrrole nitrogens is 3. The van der Waals surface area contributed by atoms with E-state index in [4.69, 9.17) is 10.8 Å². The Morgan fingerprint density at radius 2 is 1.36 bits per heavy atom. The third kappa shape index (κ3) is 7.76. The molecule has 0 saturated heterocycles. The first-order valence-electron chi connectivity index (χ1n) is 8.10. The molecule has 0 spiro atoms. The maximum Gasteiger partial charge on any atom is 0.360 e. The van der Waals surface area contributed by atoms with E-state index in [1.807, 2.05) is 5.10 Å². The highest BCUT2D eigenvalue weighted by molar-refractivity contribution is 5.88. The highest BCUT2D eigenvalue weighted by atomic mass is 16.6. The number of nitrogen functional groups attached to an aromatic ring is 1. The van der Waals surface area contributed by atoms with Gasteiger partial charge in [0.1, 0.15) is 11.5 Å². The highest BCUT2D eigenvalue weighted by Gasteiger charge is 2.16. The van der Waals surface area contributed by atoms with Crippen molar-refractivity contribution in [1.82, 2.24) is 30.6 Å². The summed E-state index contributed by atoms with van der Waals surface area (Å²) in [6, 6.07) is 3.26. The topological polar surface area (TPSA) is 288 Å². The van der Waals surface area contributed by atoms with Gasteiger partial charge in [0.2, 0.25) is 0 Å². The van der Waals surface area contributed by atoms with Crippen LogP contribution in [0.25, 0.3) is 0 Å². The maximum atomic E-state index is 10.7. The molecular formula is C14H15N9O10. The number of hydrogen-bond acceptors (Lipinski definition) is 13. The third-order valence-electron chi connectivity index (χ3n) is 3.14. The van der Waals surface area contributed by atoms with Gasteiger partial charge in [-0.15, -0.1) is 10.2 Å². The molecule has 0 aromatic carbocycles. The number of rotatable bonds is 5. The van der Waals surface area contributed by atoms with Gasteiger partial charge < -0.3 is 40.5 Å². The minimum Gasteiger partial charge on any atom is -0.476 e. The number of carboxylic acid groups (broad SMARTS) is 1. The number of esters is 2. The number of aromatic carboxylic acids is 1. The van der Waals surface area contributed by atoms with Crippen LogP contribution in [0.15, 0.2) is 18.2 Å². The molecule has 3 rings (SSSR count). The Morgan fingerprint density at radius 3 is 1.70 bits per heavy atom. The van der Waals surface area contributed by atoms with Gasteiger partial charge in [0.15, 0.2) is 11.4 Å². The molecule has 3 heterocycles. The average Bonchev–Trinajstić information content (AvgIpc) is 3.53. The van der Waals surface area contributed by atoms with Crippen LogP contribution in [0.3, 0.4) is 0 Å². The maximum absolute atomic E-state index is 10.7. The molecule has 6 N–H and O–H groups in total. The minimum absolute atomic E-state index is 0.107. The van der Waals surface area contributed by atoms with E-state index in [0.29, 0.717) is 0 Å². The first kappa shape index (κ1) is 25.7. The third-order valence-corrected chi connectivity index (χ3v) is 3.14. The molecular weight excluding hydrogens is 454 g/mol. The Hall–Kier alpha value is -5.36. The van der Waals surface area contributed by atoms with Crippen LogP contribution in [0.1, 0.15) is 31.5 Å². The molecule has 0 aliphatic heterocycles. The summed E-state index contributed by atoms with van der Waals surface area (Å²) < 4.78 is 8.67. The van der Waals surface area contributed by atoms with Crippen LogP contribution in [0.5, 0.6) is 0 Å². The van der Waals surface area contributed by atoms with Crippen molar-refractivity contribution < 1.29 is 38.8 Å². The van der Waals surface area contributed by atoms with Crippen molar-refractivity contribution in [3.63, 3.8) is 0 Å². The minimum atomic E-state index is -1.30. The Labute approximate surface area is 181 Å². The number of aromatic amines is 3. The number of nitrogens with two attached hydrogens (primary N) is 1. The summed E-state index contributed by atoms with van der Waals surface area (Å²) >= 11 is 0. The number of carbonyl (C=O) groups is 3. The van der Waals surface area contributed by atoms with Crippen molar-refractivity contribution in [2.75, 3.05) is 20.0 Å². The quantitative estimate of drug-likeness (QED) is 0.185. The van der Waals surface area contributed by atoms with Crippen LogP contribution in [0.2, 0.25) is 0 Å². The molecule has 0 amide bonds. The summed E-state index contributed by atoms with van der Waals surface area (Å²) in [4.78, 5) is 50.2. The molecule has 19 heteroatoms. The van der Waals surface area contributed by atoms with Gasteiger partial charge >= 0.3 is 29.5 Å². The zero-order valence-electron chi connectivity index (χ0n) is 16.7. The van der Waals surface area contributed by atoms with Crippen molar-refractivity contribution in [1.29, 1.82) is 0 Å². The fourth-order valence-electron chi connectivity index (χ4n) is 1.68. The van der Waals surface area contributed by atoms with Gasteiger partial charge in [-0.25, -0.2) is 14.4 Å². The number of ether oxygens (including phenoxy) is 2. The summed E-state index contributed by atoms with van der Waals surface area (Å²) in [5, 5.41) is 44.9. The zero-order valence-corrected chi connectivity index (χ0v) is 16.7. The van der Waals surface area contributed by atoms with Crippen LogP contribution < -0.4 is 5.73 Å². The summed E-state index contributed by atoms with van der Waals surface area (Å²) in [6.07, 6.45) is 0. The van der Waals surface area contributed by atoms with E-state index in [0.717, 1.165) is 12.1 Å². The lowest BCUT2D eigenvalue weighted by Crippen LogP contribution is -2.00. The Bertz CT molecular complexity index is 1120. The number of hydrogen-bond donors (Lipinski definition) is 5. The Morgan fingerprint density at radius 1 is 0.879 bits per heavy atom. The number of carboxylic acids is 1. The highest BCUT2D eigenvalue weighted by Crippen LogP contribution is 2.08. The van der Waals surface area contributed by atoms with Gasteiger partial charge in [0, 0.05) is 6.07 Å². The van der Waals surface area contributed by atoms with E-state index in [1.165, 1.54) is 20.3 Å². The molecule has 3 aromatic rings. The zero-order chi connectivity index (χ0) is 25.1. The fraction of sp³-hybridized carbons (Fsp3) is 0.143. The summed E-state index contributed by atoms with van der Waals surface area (Å²) in [6.45, 7) is 0. The predicted octanol–water partition coefficient (Wildman–Crippen LogP) is -0.101. The van der Waals surface area contributed by atoms with Gasteiger partial charge in [-0.3, -0.25) is 5.10 Å².